The highest BCUT2D eigenvalue weighted by Crippen LogP contribution is 2.35. The molecule has 0 aromatic heterocycles. The van der Waals surface area contributed by atoms with Crippen molar-refractivity contribution in [1.29, 1.82) is 0 Å². The number of benzene rings is 2. The predicted molar refractivity (Wildman–Crippen MR) is 139 cm³/mol. The lowest BCUT2D eigenvalue weighted by atomic mass is 9.91. The van der Waals surface area contributed by atoms with Crippen molar-refractivity contribution >= 4 is 17.9 Å². The second kappa shape index (κ2) is 11.9. The van der Waals surface area contributed by atoms with Crippen LogP contribution >= 0.6 is 0 Å². The zero-order chi connectivity index (χ0) is 27.1. The first kappa shape index (κ1) is 28.7. The first-order chi connectivity index (χ1) is 16.8. The van der Waals surface area contributed by atoms with Gasteiger partial charge in [-0.1, -0.05) is 55.5 Å². The molecule has 0 bridgehead atoms. The molecule has 196 valence electrons. The van der Waals surface area contributed by atoms with Crippen LogP contribution in [0.1, 0.15) is 72.1 Å². The van der Waals surface area contributed by atoms with Gasteiger partial charge < -0.3 is 25.4 Å². The molecule has 0 fully saturated rings. The summed E-state index contributed by atoms with van der Waals surface area (Å²) in [4.78, 5) is 41.4. The minimum atomic E-state index is -1.14. The number of hydrogen-bond donors (Lipinski definition) is 3. The number of phenols is 1. The number of alkyl carbamates (subject to hydrolysis) is 1. The van der Waals surface area contributed by atoms with E-state index >= 15 is 0 Å². The molecule has 3 N–H and O–H groups in total. The fraction of sp³-hybridized carbons (Fsp3) is 0.464. The fourth-order valence-electron chi connectivity index (χ4n) is 3.70. The van der Waals surface area contributed by atoms with E-state index in [1.54, 1.807) is 45.9 Å². The Kier molecular flexibility index (Phi) is 9.50. The summed E-state index contributed by atoms with van der Waals surface area (Å²) < 4.78 is 5.31. The topological polar surface area (TPSA) is 108 Å². The summed E-state index contributed by atoms with van der Waals surface area (Å²) in [6.07, 6.45) is -0.209. The maximum absolute atomic E-state index is 13.8. The summed E-state index contributed by atoms with van der Waals surface area (Å²) in [7, 11) is 0. The number of nitrogens with zero attached hydrogens (tertiary/aromatic N) is 1. The van der Waals surface area contributed by atoms with Crippen LogP contribution in [0, 0.1) is 0 Å². The SMILES string of the molecule is CCC(C)(C)N(C(=O)C(C)NC(=O)OC(C)(C)C)C(C(=O)NCc1ccccc1)c1ccccc1O. The van der Waals surface area contributed by atoms with Crippen molar-refractivity contribution in [3.63, 3.8) is 0 Å². The van der Waals surface area contributed by atoms with E-state index in [0.717, 1.165) is 5.56 Å². The largest absolute Gasteiger partial charge is 0.508 e. The molecule has 0 aliphatic rings. The number of hydrogen-bond acceptors (Lipinski definition) is 5. The van der Waals surface area contributed by atoms with Gasteiger partial charge >= 0.3 is 6.09 Å². The molecule has 0 aliphatic carbocycles. The Hall–Kier alpha value is -3.55. The molecular formula is C28H39N3O5. The van der Waals surface area contributed by atoms with Gasteiger partial charge in [0.2, 0.25) is 11.8 Å². The number of rotatable bonds is 9. The van der Waals surface area contributed by atoms with E-state index in [0.29, 0.717) is 12.0 Å². The molecule has 36 heavy (non-hydrogen) atoms. The number of nitrogens with one attached hydrogen (secondary N) is 2. The van der Waals surface area contributed by atoms with Gasteiger partial charge in [0, 0.05) is 17.6 Å². The van der Waals surface area contributed by atoms with Gasteiger partial charge in [0.05, 0.1) is 0 Å². The van der Waals surface area contributed by atoms with Crippen LogP contribution in [0.15, 0.2) is 54.6 Å². The number of phenolic OH excluding ortho intramolecular Hbond substituents is 1. The summed E-state index contributed by atoms with van der Waals surface area (Å²) in [5.41, 5.74) is -0.333. The fourth-order valence-corrected chi connectivity index (χ4v) is 3.70. The maximum atomic E-state index is 13.8. The highest BCUT2D eigenvalue weighted by molar-refractivity contribution is 5.92. The van der Waals surface area contributed by atoms with Gasteiger partial charge in [-0.3, -0.25) is 9.59 Å². The zero-order valence-electron chi connectivity index (χ0n) is 22.3. The van der Waals surface area contributed by atoms with Gasteiger partial charge in [0.25, 0.3) is 0 Å². The average Bonchev–Trinajstić information content (AvgIpc) is 2.80. The molecule has 0 saturated carbocycles. The first-order valence-electron chi connectivity index (χ1n) is 12.2. The summed E-state index contributed by atoms with van der Waals surface area (Å²) in [5, 5.41) is 16.2. The molecular weight excluding hydrogens is 458 g/mol. The maximum Gasteiger partial charge on any atom is 0.408 e. The van der Waals surface area contributed by atoms with Crippen LogP contribution < -0.4 is 10.6 Å². The first-order valence-corrected chi connectivity index (χ1v) is 12.2. The molecule has 0 heterocycles. The highest BCUT2D eigenvalue weighted by Gasteiger charge is 2.42. The highest BCUT2D eigenvalue weighted by atomic mass is 16.6. The van der Waals surface area contributed by atoms with E-state index in [2.05, 4.69) is 10.6 Å². The van der Waals surface area contributed by atoms with Crippen molar-refractivity contribution in [2.75, 3.05) is 0 Å². The summed E-state index contributed by atoms with van der Waals surface area (Å²) >= 11 is 0. The van der Waals surface area contributed by atoms with Gasteiger partial charge in [0.15, 0.2) is 0 Å². The number of ether oxygens (including phenoxy) is 1. The lowest BCUT2D eigenvalue weighted by molar-refractivity contribution is -0.149. The van der Waals surface area contributed by atoms with Crippen molar-refractivity contribution in [1.82, 2.24) is 15.5 Å². The molecule has 0 spiro atoms. The molecule has 2 rings (SSSR count). The van der Waals surface area contributed by atoms with Gasteiger partial charge in [-0.2, -0.15) is 0 Å². The second-order valence-electron chi connectivity index (χ2n) is 10.4. The minimum absolute atomic E-state index is 0.102. The Morgan fingerprint density at radius 3 is 2.11 bits per heavy atom. The number of aromatic hydroxyl groups is 1. The van der Waals surface area contributed by atoms with Crippen LogP contribution in [0.3, 0.4) is 0 Å². The molecule has 0 aliphatic heterocycles. The third kappa shape index (κ3) is 7.73. The van der Waals surface area contributed by atoms with Crippen LogP contribution in [0.5, 0.6) is 5.75 Å². The molecule has 2 atom stereocenters. The third-order valence-corrected chi connectivity index (χ3v) is 5.91. The molecule has 2 unspecified atom stereocenters. The lowest BCUT2D eigenvalue weighted by Gasteiger charge is -2.44. The number of carbonyl (C=O) groups is 3. The van der Waals surface area contributed by atoms with E-state index in [4.69, 9.17) is 4.74 Å². The number of para-hydroxylation sites is 1. The van der Waals surface area contributed by atoms with E-state index in [9.17, 15) is 19.5 Å². The summed E-state index contributed by atoms with van der Waals surface area (Å²) in [6, 6.07) is 13.8. The Morgan fingerprint density at radius 1 is 0.972 bits per heavy atom. The molecule has 0 saturated heterocycles. The van der Waals surface area contributed by atoms with E-state index in [1.165, 1.54) is 11.0 Å². The van der Waals surface area contributed by atoms with Crippen LogP contribution in [0.4, 0.5) is 4.79 Å². The molecule has 2 aromatic carbocycles. The number of amides is 3. The van der Waals surface area contributed by atoms with Gasteiger partial charge in [-0.15, -0.1) is 0 Å². The van der Waals surface area contributed by atoms with Crippen molar-refractivity contribution in [2.24, 2.45) is 0 Å². The van der Waals surface area contributed by atoms with E-state index < -0.39 is 41.1 Å². The Labute approximate surface area is 214 Å². The summed E-state index contributed by atoms with van der Waals surface area (Å²) in [5.74, 6) is -1.02. The molecule has 0 radical (unpaired) electrons. The lowest BCUT2D eigenvalue weighted by Crippen LogP contribution is -2.58. The molecule has 8 nitrogen and oxygen atoms in total. The van der Waals surface area contributed by atoms with E-state index in [-0.39, 0.29) is 12.3 Å². The Balaban J connectivity index is 2.46. The van der Waals surface area contributed by atoms with Crippen molar-refractivity contribution in [3.8, 4) is 5.75 Å². The van der Waals surface area contributed by atoms with Crippen LogP contribution in [0.2, 0.25) is 0 Å². The molecule has 3 amide bonds. The van der Waals surface area contributed by atoms with Crippen LogP contribution in [0.25, 0.3) is 0 Å². The van der Waals surface area contributed by atoms with Crippen molar-refractivity contribution in [2.45, 2.75) is 84.7 Å². The second-order valence-corrected chi connectivity index (χ2v) is 10.4. The monoisotopic (exact) mass is 497 g/mol. The van der Waals surface area contributed by atoms with E-state index in [1.807, 2.05) is 51.1 Å². The third-order valence-electron chi connectivity index (χ3n) is 5.91. The Bertz CT molecular complexity index is 1050. The van der Waals surface area contributed by atoms with Gasteiger partial charge in [0.1, 0.15) is 23.4 Å². The molecule has 8 heteroatoms. The van der Waals surface area contributed by atoms with Crippen LogP contribution in [-0.4, -0.2) is 45.1 Å². The van der Waals surface area contributed by atoms with Crippen LogP contribution in [-0.2, 0) is 20.9 Å². The van der Waals surface area contributed by atoms with Crippen molar-refractivity contribution in [3.05, 3.63) is 65.7 Å². The smallest absolute Gasteiger partial charge is 0.408 e. The van der Waals surface area contributed by atoms with Crippen molar-refractivity contribution < 1.29 is 24.2 Å². The number of carbonyl (C=O) groups excluding carboxylic acids is 3. The summed E-state index contributed by atoms with van der Waals surface area (Å²) in [6.45, 7) is 12.6. The van der Waals surface area contributed by atoms with Gasteiger partial charge in [-0.05, 0) is 59.6 Å². The zero-order valence-corrected chi connectivity index (χ0v) is 22.3. The predicted octanol–water partition coefficient (Wildman–Crippen LogP) is 4.68. The quantitative estimate of drug-likeness (QED) is 0.466. The average molecular weight is 498 g/mol. The normalized spacial score (nSPS) is 13.3. The standard InChI is InChI=1S/C28H39N3O5/c1-8-28(6,7)31(25(34)19(2)30-26(35)36-27(3,4)5)23(21-16-12-13-17-22(21)32)24(33)29-18-20-14-10-9-11-15-20/h9-17,19,23,32H,8,18H2,1-7H3,(H,29,33)(H,30,35). The molecule has 2 aromatic rings. The minimum Gasteiger partial charge on any atom is -0.508 e. The van der Waals surface area contributed by atoms with Gasteiger partial charge in [-0.25, -0.2) is 4.79 Å². The Morgan fingerprint density at radius 2 is 1.56 bits per heavy atom.